The van der Waals surface area contributed by atoms with Crippen molar-refractivity contribution in [2.75, 3.05) is 6.61 Å². The van der Waals surface area contributed by atoms with Crippen LogP contribution in [-0.2, 0) is 48.6 Å². The van der Waals surface area contributed by atoms with Crippen LogP contribution in [0.25, 0.3) is 22.4 Å². The number of aromatic nitrogens is 4. The number of hydrogen-bond donors (Lipinski definition) is 1. The van der Waals surface area contributed by atoms with Crippen molar-refractivity contribution in [2.45, 2.75) is 69.2 Å². The SMILES string of the molecule is CC(=O)OC[C@H]1O[C@@H](n2nc(SCc3ccccc3)nc2-c2cc3ccccc3[nH]2)[C@H](OC(C)=O)[C@@H](OC(C)=O)[C@@H]1OC(C)=O. The molecule has 1 fully saturated rings. The Morgan fingerprint density at radius 2 is 1.49 bits per heavy atom. The summed E-state index contributed by atoms with van der Waals surface area (Å²) < 4.78 is 29.9. The molecule has 0 saturated carbocycles. The molecule has 236 valence electrons. The first kappa shape index (κ1) is 31.7. The molecule has 14 heteroatoms. The molecule has 0 bridgehead atoms. The fraction of sp³-hybridized carbons (Fsp3) is 0.355. The van der Waals surface area contributed by atoms with Crippen molar-refractivity contribution in [1.82, 2.24) is 19.7 Å². The number of fused-ring (bicyclic) bond motifs is 1. The summed E-state index contributed by atoms with van der Waals surface area (Å²) in [5, 5.41) is 6.07. The smallest absolute Gasteiger partial charge is 0.303 e. The van der Waals surface area contributed by atoms with E-state index in [1.807, 2.05) is 60.7 Å². The Morgan fingerprint density at radius 3 is 2.16 bits per heavy atom. The first-order valence-electron chi connectivity index (χ1n) is 14.1. The number of carbonyl (C=O) groups excluding carboxylic acids is 4. The molecule has 1 aliphatic heterocycles. The Labute approximate surface area is 262 Å². The van der Waals surface area contributed by atoms with Crippen LogP contribution < -0.4 is 0 Å². The zero-order chi connectivity index (χ0) is 32.1. The van der Waals surface area contributed by atoms with Crippen molar-refractivity contribution in [2.24, 2.45) is 0 Å². The van der Waals surface area contributed by atoms with E-state index in [1.165, 1.54) is 44.1 Å². The van der Waals surface area contributed by atoms with Crippen LogP contribution in [0, 0.1) is 0 Å². The number of carbonyl (C=O) groups is 4. The normalized spacial score (nSPS) is 21.2. The average molecular weight is 637 g/mol. The van der Waals surface area contributed by atoms with E-state index in [9.17, 15) is 19.2 Å². The third-order valence-corrected chi connectivity index (χ3v) is 7.71. The molecule has 45 heavy (non-hydrogen) atoms. The number of aromatic amines is 1. The van der Waals surface area contributed by atoms with Gasteiger partial charge in [0.05, 0.1) is 5.69 Å². The second kappa shape index (κ2) is 13.9. The van der Waals surface area contributed by atoms with Gasteiger partial charge in [-0.15, -0.1) is 5.10 Å². The maximum absolute atomic E-state index is 12.4. The highest BCUT2D eigenvalue weighted by atomic mass is 32.2. The zero-order valence-electron chi connectivity index (χ0n) is 25.0. The number of thioether (sulfide) groups is 1. The standard InChI is InChI=1S/C31H32N4O9S/c1-17(36)40-15-25-26(41-18(2)37)27(42-19(3)38)28(43-20(4)39)30(44-25)35-29(24-14-22-12-8-9-13-23(22)32-24)33-31(34-35)45-16-21-10-6-5-7-11-21/h5-14,25-28,30,32H,15-16H2,1-4H3/t25-,26-,27+,28-,30-/m1/s1. The lowest BCUT2D eigenvalue weighted by molar-refractivity contribution is -0.270. The summed E-state index contributed by atoms with van der Waals surface area (Å²) in [5.74, 6) is -1.86. The van der Waals surface area contributed by atoms with Crippen LogP contribution in [0.15, 0.2) is 65.8 Å². The predicted octanol–water partition coefficient (Wildman–Crippen LogP) is 3.97. The highest BCUT2D eigenvalue weighted by Gasteiger charge is 2.53. The van der Waals surface area contributed by atoms with Gasteiger partial charge in [0.2, 0.25) is 5.16 Å². The molecule has 13 nitrogen and oxygen atoms in total. The largest absolute Gasteiger partial charge is 0.463 e. The van der Waals surface area contributed by atoms with Gasteiger partial charge in [0, 0.05) is 44.4 Å². The molecule has 1 N–H and O–H groups in total. The Balaban J connectivity index is 1.63. The summed E-state index contributed by atoms with van der Waals surface area (Å²) in [6.07, 6.45) is -6.39. The number of esters is 4. The molecule has 1 saturated heterocycles. The van der Waals surface area contributed by atoms with Gasteiger partial charge in [-0.3, -0.25) is 19.2 Å². The van der Waals surface area contributed by atoms with Crippen molar-refractivity contribution in [3.8, 4) is 11.5 Å². The molecule has 0 aliphatic carbocycles. The van der Waals surface area contributed by atoms with Crippen molar-refractivity contribution >= 4 is 46.5 Å². The monoisotopic (exact) mass is 636 g/mol. The maximum atomic E-state index is 12.4. The molecule has 0 spiro atoms. The number of ether oxygens (including phenoxy) is 5. The number of nitrogens with zero attached hydrogens (tertiary/aromatic N) is 3. The van der Waals surface area contributed by atoms with Gasteiger partial charge >= 0.3 is 23.9 Å². The van der Waals surface area contributed by atoms with E-state index in [4.69, 9.17) is 33.8 Å². The van der Waals surface area contributed by atoms with Crippen LogP contribution in [0.3, 0.4) is 0 Å². The van der Waals surface area contributed by atoms with Gasteiger partial charge in [-0.25, -0.2) is 4.68 Å². The Bertz CT molecular complexity index is 1660. The first-order chi connectivity index (χ1) is 21.6. The Morgan fingerprint density at radius 1 is 0.844 bits per heavy atom. The van der Waals surface area contributed by atoms with Crippen molar-refractivity contribution in [3.05, 3.63) is 66.2 Å². The van der Waals surface area contributed by atoms with Gasteiger partial charge in [-0.2, -0.15) is 4.98 Å². The van der Waals surface area contributed by atoms with Crippen LogP contribution in [0.4, 0.5) is 0 Å². The van der Waals surface area contributed by atoms with E-state index in [0.29, 0.717) is 22.4 Å². The number of hydrogen-bond acceptors (Lipinski definition) is 12. The Kier molecular flexibility index (Phi) is 9.83. The van der Waals surface area contributed by atoms with Gasteiger partial charge < -0.3 is 28.7 Å². The summed E-state index contributed by atoms with van der Waals surface area (Å²) in [6, 6.07) is 19.3. The molecule has 0 radical (unpaired) electrons. The number of rotatable bonds is 10. The summed E-state index contributed by atoms with van der Waals surface area (Å²) in [6.45, 7) is 4.39. The third kappa shape index (κ3) is 7.70. The predicted molar refractivity (Wildman–Crippen MR) is 161 cm³/mol. The lowest BCUT2D eigenvalue weighted by atomic mass is 9.97. The lowest BCUT2D eigenvalue weighted by Crippen LogP contribution is -2.60. The number of benzene rings is 2. The van der Waals surface area contributed by atoms with Gasteiger partial charge in [-0.1, -0.05) is 60.3 Å². The molecule has 2 aromatic heterocycles. The molecule has 3 heterocycles. The number of H-pyrrole nitrogens is 1. The maximum Gasteiger partial charge on any atom is 0.303 e. The minimum Gasteiger partial charge on any atom is -0.463 e. The highest BCUT2D eigenvalue weighted by Crippen LogP contribution is 2.38. The summed E-state index contributed by atoms with van der Waals surface area (Å²) >= 11 is 1.38. The van der Waals surface area contributed by atoms with E-state index in [-0.39, 0.29) is 6.61 Å². The molecule has 5 atom stereocenters. The second-order valence-corrected chi connectivity index (χ2v) is 11.2. The van der Waals surface area contributed by atoms with Crippen LogP contribution in [0.2, 0.25) is 0 Å². The molecule has 1 aliphatic rings. The third-order valence-electron chi connectivity index (χ3n) is 6.80. The van der Waals surface area contributed by atoms with Gasteiger partial charge in [0.15, 0.2) is 30.4 Å². The molecule has 0 amide bonds. The average Bonchev–Trinajstić information content (AvgIpc) is 3.61. The molecular weight excluding hydrogens is 604 g/mol. The summed E-state index contributed by atoms with van der Waals surface area (Å²) in [7, 11) is 0. The highest BCUT2D eigenvalue weighted by molar-refractivity contribution is 7.98. The first-order valence-corrected chi connectivity index (χ1v) is 15.1. The van der Waals surface area contributed by atoms with E-state index in [1.54, 1.807) is 0 Å². The van der Waals surface area contributed by atoms with Crippen molar-refractivity contribution in [3.63, 3.8) is 0 Å². The fourth-order valence-corrected chi connectivity index (χ4v) is 5.83. The quantitative estimate of drug-likeness (QED) is 0.152. The minimum atomic E-state index is -1.35. The van der Waals surface area contributed by atoms with Crippen LogP contribution in [0.5, 0.6) is 0 Å². The molecular formula is C31H32N4O9S. The van der Waals surface area contributed by atoms with Crippen molar-refractivity contribution < 1.29 is 42.9 Å². The fourth-order valence-electron chi connectivity index (χ4n) is 5.04. The topological polar surface area (TPSA) is 161 Å². The lowest BCUT2D eigenvalue weighted by Gasteiger charge is -2.44. The van der Waals surface area contributed by atoms with Gasteiger partial charge in [0.25, 0.3) is 0 Å². The molecule has 2 aromatic carbocycles. The number of nitrogens with one attached hydrogen (secondary N) is 1. The summed E-state index contributed by atoms with van der Waals surface area (Å²) in [5.41, 5.74) is 2.49. The second-order valence-electron chi connectivity index (χ2n) is 10.3. The van der Waals surface area contributed by atoms with Gasteiger partial charge in [-0.05, 0) is 17.7 Å². The Hall–Kier alpha value is -4.69. The van der Waals surface area contributed by atoms with Gasteiger partial charge in [0.1, 0.15) is 12.7 Å². The molecule has 4 aromatic rings. The van der Waals surface area contributed by atoms with Crippen LogP contribution in [0.1, 0.15) is 39.5 Å². The van der Waals surface area contributed by atoms with E-state index >= 15 is 0 Å². The van der Waals surface area contributed by atoms with Crippen molar-refractivity contribution in [1.29, 1.82) is 0 Å². The molecule has 0 unspecified atom stereocenters. The van der Waals surface area contributed by atoms with Crippen LogP contribution in [-0.4, -0.2) is 74.6 Å². The molecule has 5 rings (SSSR count). The zero-order valence-corrected chi connectivity index (χ0v) is 25.8. The van der Waals surface area contributed by atoms with E-state index in [2.05, 4.69) is 4.98 Å². The summed E-state index contributed by atoms with van der Waals surface area (Å²) in [4.78, 5) is 56.9. The van der Waals surface area contributed by atoms with E-state index < -0.39 is 54.5 Å². The van der Waals surface area contributed by atoms with E-state index in [0.717, 1.165) is 16.5 Å². The van der Waals surface area contributed by atoms with Crippen LogP contribution >= 0.6 is 11.8 Å². The minimum absolute atomic E-state index is 0.336. The number of para-hydroxylation sites is 1.